The molecule has 0 spiro atoms. The number of hydrogen-bond donors (Lipinski definition) is 0. The van der Waals surface area contributed by atoms with Crippen molar-refractivity contribution >= 4 is 0 Å². The molecule has 0 aliphatic rings. The topological polar surface area (TPSA) is 44.2 Å². The quantitative estimate of drug-likeness (QED) is 0.107. The monoisotopic (exact) mass is 710 g/mol. The summed E-state index contributed by atoms with van der Waals surface area (Å²) in [4.78, 5) is 8.41. The van der Waals surface area contributed by atoms with Gasteiger partial charge in [-0.25, -0.2) is 36.3 Å². The van der Waals surface area contributed by atoms with E-state index < -0.39 is 81.1 Å². The molecular weight excluding hydrogens is 689 g/mol. The second-order valence-corrected chi connectivity index (χ2v) is 10.6. The van der Waals surface area contributed by atoms with Crippen molar-refractivity contribution in [3.05, 3.63) is 131 Å². The Labute approximate surface area is 276 Å². The Balaban J connectivity index is 1.35. The van der Waals surface area contributed by atoms with E-state index in [1.54, 1.807) is 12.4 Å². The van der Waals surface area contributed by atoms with Crippen LogP contribution in [0, 0.1) is 34.9 Å². The number of benzene rings is 4. The van der Waals surface area contributed by atoms with Gasteiger partial charge in [-0.2, -0.15) is 8.78 Å². The molecule has 4 aromatic carbocycles. The number of ether oxygens (including phenoxy) is 2. The predicted octanol–water partition coefficient (Wildman–Crippen LogP) is 10.8. The zero-order chi connectivity index (χ0) is 36.4. The lowest BCUT2D eigenvalue weighted by molar-refractivity contribution is -0.276. The summed E-state index contributed by atoms with van der Waals surface area (Å²) >= 11 is 0. The van der Waals surface area contributed by atoms with Crippen molar-refractivity contribution in [2.45, 2.75) is 32.2 Å². The molecule has 0 radical (unpaired) electrons. The van der Waals surface area contributed by atoms with Crippen molar-refractivity contribution < 1.29 is 57.8 Å². The van der Waals surface area contributed by atoms with Crippen LogP contribution in [0.1, 0.15) is 24.5 Å². The van der Waals surface area contributed by atoms with Gasteiger partial charge in [-0.3, -0.25) is 0 Å². The zero-order valence-corrected chi connectivity index (χ0v) is 25.4. The summed E-state index contributed by atoms with van der Waals surface area (Å²) in [6.45, 7) is 1.89. The average molecular weight is 711 g/mol. The fraction of sp³-hybridized carbons (Fsp3) is 0.143. The van der Waals surface area contributed by atoms with Crippen LogP contribution in [0.3, 0.4) is 0 Å². The van der Waals surface area contributed by atoms with Gasteiger partial charge in [-0.05, 0) is 78.9 Å². The molecule has 0 fully saturated rings. The van der Waals surface area contributed by atoms with Gasteiger partial charge in [0.2, 0.25) is 5.75 Å². The molecule has 0 amide bonds. The highest BCUT2D eigenvalue weighted by Gasteiger charge is 2.41. The molecule has 5 rings (SSSR count). The molecule has 1 heterocycles. The molecule has 0 N–H and O–H groups in total. The highest BCUT2D eigenvalue weighted by atomic mass is 19.4. The van der Waals surface area contributed by atoms with Gasteiger partial charge in [0.1, 0.15) is 34.6 Å². The van der Waals surface area contributed by atoms with Gasteiger partial charge >= 0.3 is 12.5 Å². The molecule has 0 aliphatic heterocycles. The van der Waals surface area contributed by atoms with Crippen LogP contribution in [0.25, 0.3) is 33.6 Å². The molecule has 0 aliphatic carbocycles. The lowest BCUT2D eigenvalue weighted by atomic mass is 10.00. The minimum absolute atomic E-state index is 0.173. The van der Waals surface area contributed by atoms with Crippen LogP contribution in [0.5, 0.6) is 11.5 Å². The van der Waals surface area contributed by atoms with E-state index >= 15 is 22.0 Å². The van der Waals surface area contributed by atoms with E-state index in [9.17, 15) is 26.3 Å². The third kappa shape index (κ3) is 8.04. The lowest BCUT2D eigenvalue weighted by Crippen LogP contribution is -2.25. The maximum atomic E-state index is 15.1. The van der Waals surface area contributed by atoms with E-state index in [1.165, 1.54) is 6.07 Å². The molecule has 0 bridgehead atoms. The number of rotatable bonds is 10. The Morgan fingerprint density at radius 3 is 1.66 bits per heavy atom. The fourth-order valence-electron chi connectivity index (χ4n) is 4.87. The average Bonchev–Trinajstić information content (AvgIpc) is 3.02. The predicted molar refractivity (Wildman–Crippen MR) is 159 cm³/mol. The standard InChI is InChI=1S/C35H21F11N2O2/c1-2-3-4-5-18-16-47-33(48-17-18)19-6-8-23(25(36)10-19)20-11-27(38)31(28(39)12-20)34(42,43)49-22-7-9-24(26(37)15-22)21-13-29(40)32(30(41)14-21)50-35(44,45)46/h2-3,6-17H,4-5H2,1H3. The molecule has 15 heteroatoms. The maximum absolute atomic E-state index is 15.1. The van der Waals surface area contributed by atoms with Crippen LogP contribution in [0.4, 0.5) is 48.3 Å². The van der Waals surface area contributed by atoms with Crippen LogP contribution < -0.4 is 9.47 Å². The number of alkyl halides is 5. The minimum Gasteiger partial charge on any atom is -0.429 e. The number of allylic oxidation sites excluding steroid dienone is 2. The zero-order valence-electron chi connectivity index (χ0n) is 25.4. The molecule has 5 aromatic rings. The second-order valence-electron chi connectivity index (χ2n) is 10.6. The summed E-state index contributed by atoms with van der Waals surface area (Å²) in [6.07, 6.45) is -1.71. The van der Waals surface area contributed by atoms with Crippen LogP contribution >= 0.6 is 0 Å². The van der Waals surface area contributed by atoms with Gasteiger partial charge in [-0.1, -0.05) is 24.3 Å². The summed E-state index contributed by atoms with van der Waals surface area (Å²) in [5.74, 6) is -12.4. The molecule has 0 unspecified atom stereocenters. The van der Waals surface area contributed by atoms with Crippen molar-refractivity contribution in [1.82, 2.24) is 9.97 Å². The van der Waals surface area contributed by atoms with Gasteiger partial charge in [0.15, 0.2) is 17.5 Å². The first kappa shape index (κ1) is 35.8. The highest BCUT2D eigenvalue weighted by Crippen LogP contribution is 2.39. The van der Waals surface area contributed by atoms with E-state index in [1.807, 2.05) is 19.1 Å². The number of nitrogens with zero attached hydrogens (tertiary/aromatic N) is 2. The Hall–Kier alpha value is -5.47. The second kappa shape index (κ2) is 14.2. The molecule has 0 atom stereocenters. The lowest BCUT2D eigenvalue weighted by Gasteiger charge is -2.20. The molecule has 1 aromatic heterocycles. The van der Waals surface area contributed by atoms with E-state index in [4.69, 9.17) is 0 Å². The molecule has 0 saturated carbocycles. The van der Waals surface area contributed by atoms with Crippen LogP contribution in [-0.4, -0.2) is 16.3 Å². The highest BCUT2D eigenvalue weighted by molar-refractivity contribution is 5.69. The smallest absolute Gasteiger partial charge is 0.429 e. The summed E-state index contributed by atoms with van der Waals surface area (Å²) in [5, 5.41) is 0. The first-order valence-corrected chi connectivity index (χ1v) is 14.4. The maximum Gasteiger partial charge on any atom is 0.573 e. The molecular formula is C35H21F11N2O2. The van der Waals surface area contributed by atoms with Crippen LogP contribution in [0.15, 0.2) is 85.2 Å². The fourth-order valence-corrected chi connectivity index (χ4v) is 4.87. The molecule has 4 nitrogen and oxygen atoms in total. The Bertz CT molecular complexity index is 2020. The number of halogens is 11. The first-order chi connectivity index (χ1) is 23.6. The van der Waals surface area contributed by atoms with Crippen molar-refractivity contribution in [2.75, 3.05) is 0 Å². The van der Waals surface area contributed by atoms with Crippen LogP contribution in [-0.2, 0) is 12.5 Å². The van der Waals surface area contributed by atoms with Crippen molar-refractivity contribution in [2.24, 2.45) is 0 Å². The third-order valence-electron chi connectivity index (χ3n) is 7.13. The van der Waals surface area contributed by atoms with Crippen LogP contribution in [0.2, 0.25) is 0 Å². The van der Waals surface area contributed by atoms with Gasteiger partial charge in [0.05, 0.1) is 0 Å². The number of aromatic nitrogens is 2. The van der Waals surface area contributed by atoms with Crippen molar-refractivity contribution in [1.29, 1.82) is 0 Å². The molecule has 50 heavy (non-hydrogen) atoms. The summed E-state index contributed by atoms with van der Waals surface area (Å²) < 4.78 is 163. The summed E-state index contributed by atoms with van der Waals surface area (Å²) in [7, 11) is 0. The van der Waals surface area contributed by atoms with Crippen molar-refractivity contribution in [3.8, 4) is 45.1 Å². The number of aryl methyl sites for hydroxylation is 1. The Morgan fingerprint density at radius 1 is 0.620 bits per heavy atom. The third-order valence-corrected chi connectivity index (χ3v) is 7.13. The molecule has 0 saturated heterocycles. The molecule has 260 valence electrons. The SMILES string of the molecule is CC=CCCc1cnc(-c2ccc(-c3cc(F)c(C(F)(F)Oc4ccc(-c5cc(F)c(OC(F)(F)F)c(F)c5)c(F)c4)c(F)c3)c(F)c2)nc1. The largest absolute Gasteiger partial charge is 0.573 e. The number of hydrogen-bond acceptors (Lipinski definition) is 4. The summed E-state index contributed by atoms with van der Waals surface area (Å²) in [5.41, 5.74) is -2.88. The van der Waals surface area contributed by atoms with Gasteiger partial charge < -0.3 is 9.47 Å². The Kier molecular flexibility index (Phi) is 10.2. The van der Waals surface area contributed by atoms with E-state index in [0.29, 0.717) is 48.9 Å². The first-order valence-electron chi connectivity index (χ1n) is 14.4. The normalized spacial score (nSPS) is 12.1. The van der Waals surface area contributed by atoms with Gasteiger partial charge in [-0.15, -0.1) is 13.2 Å². The summed E-state index contributed by atoms with van der Waals surface area (Å²) in [6, 6.07) is 6.69. The Morgan fingerprint density at radius 2 is 1.14 bits per heavy atom. The minimum atomic E-state index is -5.44. The van der Waals surface area contributed by atoms with Gasteiger partial charge in [0, 0.05) is 35.2 Å². The van der Waals surface area contributed by atoms with E-state index in [0.717, 1.165) is 24.1 Å². The van der Waals surface area contributed by atoms with E-state index in [2.05, 4.69) is 19.4 Å². The van der Waals surface area contributed by atoms with E-state index in [-0.39, 0.29) is 17.0 Å². The van der Waals surface area contributed by atoms with Crippen molar-refractivity contribution in [3.63, 3.8) is 0 Å². The van der Waals surface area contributed by atoms with Gasteiger partial charge in [0.25, 0.3) is 0 Å².